The van der Waals surface area contributed by atoms with Crippen molar-refractivity contribution in [3.63, 3.8) is 0 Å². The second-order valence-electron chi connectivity index (χ2n) is 5.35. The fourth-order valence-electron chi connectivity index (χ4n) is 2.05. The Morgan fingerprint density at radius 1 is 1.06 bits per heavy atom. The van der Waals surface area contributed by atoms with Gasteiger partial charge in [-0.3, -0.25) is 0 Å². The van der Waals surface area contributed by atoms with Crippen LogP contribution in [0.25, 0.3) is 11.1 Å². The Morgan fingerprint density at radius 2 is 1.72 bits per heavy atom. The molecule has 0 unspecified atom stereocenters. The van der Waals surface area contributed by atoms with Gasteiger partial charge in [-0.15, -0.1) is 0 Å². The minimum absolute atomic E-state index is 0.195. The molecule has 0 amide bonds. The van der Waals surface area contributed by atoms with Gasteiger partial charge in [-0.2, -0.15) is 0 Å². The number of hydrogen-bond donors (Lipinski definition) is 1. The standard InChI is InChI=1S/C16H18FN/c1-16(2,18)11-12-8-9-15(17)14(10-12)13-6-4-3-5-7-13/h3-10H,11,18H2,1-2H3. The molecule has 0 aliphatic rings. The van der Waals surface area contributed by atoms with Gasteiger partial charge in [0.15, 0.2) is 0 Å². The molecule has 2 N–H and O–H groups in total. The van der Waals surface area contributed by atoms with Crippen LogP contribution < -0.4 is 5.73 Å². The Labute approximate surface area is 107 Å². The normalized spacial score (nSPS) is 11.6. The topological polar surface area (TPSA) is 26.0 Å². The van der Waals surface area contributed by atoms with Crippen LogP contribution in [0.15, 0.2) is 48.5 Å². The fourth-order valence-corrected chi connectivity index (χ4v) is 2.05. The lowest BCUT2D eigenvalue weighted by atomic mass is 9.93. The summed E-state index contributed by atoms with van der Waals surface area (Å²) >= 11 is 0. The van der Waals surface area contributed by atoms with Gasteiger partial charge in [0.1, 0.15) is 5.82 Å². The van der Waals surface area contributed by atoms with Gasteiger partial charge in [-0.25, -0.2) is 4.39 Å². The Morgan fingerprint density at radius 3 is 2.33 bits per heavy atom. The van der Waals surface area contributed by atoms with E-state index in [2.05, 4.69) is 0 Å². The Kier molecular flexibility index (Phi) is 3.48. The van der Waals surface area contributed by atoms with E-state index in [4.69, 9.17) is 5.73 Å². The molecule has 0 radical (unpaired) electrons. The third-order valence-electron chi connectivity index (χ3n) is 2.78. The summed E-state index contributed by atoms with van der Waals surface area (Å²) in [4.78, 5) is 0. The van der Waals surface area contributed by atoms with Crippen molar-refractivity contribution in [1.29, 1.82) is 0 Å². The van der Waals surface area contributed by atoms with Crippen LogP contribution in [0.1, 0.15) is 19.4 Å². The molecule has 2 heteroatoms. The molecule has 0 atom stereocenters. The van der Waals surface area contributed by atoms with Crippen molar-refractivity contribution in [3.05, 3.63) is 59.9 Å². The smallest absolute Gasteiger partial charge is 0.131 e. The summed E-state index contributed by atoms with van der Waals surface area (Å²) < 4.78 is 13.9. The summed E-state index contributed by atoms with van der Waals surface area (Å²) in [6, 6.07) is 14.8. The zero-order valence-electron chi connectivity index (χ0n) is 10.8. The molecule has 2 rings (SSSR count). The molecule has 0 saturated heterocycles. The zero-order chi connectivity index (χ0) is 13.2. The maximum absolute atomic E-state index is 13.9. The summed E-state index contributed by atoms with van der Waals surface area (Å²) in [5.74, 6) is -0.195. The van der Waals surface area contributed by atoms with Crippen LogP contribution in [0.4, 0.5) is 4.39 Å². The lowest BCUT2D eigenvalue weighted by Gasteiger charge is -2.19. The SMILES string of the molecule is CC(C)(N)Cc1ccc(F)c(-c2ccccc2)c1. The highest BCUT2D eigenvalue weighted by Gasteiger charge is 2.13. The molecular formula is C16H18FN. The molecule has 0 saturated carbocycles. The summed E-state index contributed by atoms with van der Waals surface area (Å²) in [5.41, 5.74) is 8.30. The molecule has 0 aliphatic carbocycles. The van der Waals surface area contributed by atoms with Crippen LogP contribution >= 0.6 is 0 Å². The highest BCUT2D eigenvalue weighted by Crippen LogP contribution is 2.25. The first kappa shape index (κ1) is 12.8. The lowest BCUT2D eigenvalue weighted by Crippen LogP contribution is -2.34. The van der Waals surface area contributed by atoms with E-state index in [1.807, 2.05) is 50.2 Å². The number of rotatable bonds is 3. The predicted molar refractivity (Wildman–Crippen MR) is 73.8 cm³/mol. The lowest BCUT2D eigenvalue weighted by molar-refractivity contribution is 0.516. The molecule has 0 aromatic heterocycles. The van der Waals surface area contributed by atoms with E-state index < -0.39 is 0 Å². The number of benzene rings is 2. The van der Waals surface area contributed by atoms with Gasteiger partial charge in [-0.05, 0) is 43.5 Å². The second kappa shape index (κ2) is 4.91. The van der Waals surface area contributed by atoms with E-state index in [0.717, 1.165) is 17.5 Å². The Balaban J connectivity index is 2.39. The van der Waals surface area contributed by atoms with Crippen LogP contribution in [0.3, 0.4) is 0 Å². The van der Waals surface area contributed by atoms with Gasteiger partial charge >= 0.3 is 0 Å². The van der Waals surface area contributed by atoms with Crippen molar-refractivity contribution in [2.75, 3.05) is 0 Å². The van der Waals surface area contributed by atoms with E-state index >= 15 is 0 Å². The van der Waals surface area contributed by atoms with Gasteiger partial charge in [-0.1, -0.05) is 36.4 Å². The minimum atomic E-state index is -0.286. The summed E-state index contributed by atoms with van der Waals surface area (Å²) in [6.45, 7) is 3.94. The first-order valence-corrected chi connectivity index (χ1v) is 6.08. The van der Waals surface area contributed by atoms with Crippen molar-refractivity contribution in [2.24, 2.45) is 5.73 Å². The van der Waals surface area contributed by atoms with Crippen LogP contribution in [0, 0.1) is 5.82 Å². The molecule has 0 aliphatic heterocycles. The van der Waals surface area contributed by atoms with Crippen LogP contribution in [-0.2, 0) is 6.42 Å². The average molecular weight is 243 g/mol. The zero-order valence-corrected chi connectivity index (χ0v) is 10.8. The van der Waals surface area contributed by atoms with Gasteiger partial charge in [0.05, 0.1) is 0 Å². The maximum Gasteiger partial charge on any atom is 0.131 e. The molecule has 2 aromatic rings. The maximum atomic E-state index is 13.9. The highest BCUT2D eigenvalue weighted by atomic mass is 19.1. The van der Waals surface area contributed by atoms with Crippen LogP contribution in [0.2, 0.25) is 0 Å². The van der Waals surface area contributed by atoms with E-state index in [1.165, 1.54) is 6.07 Å². The first-order valence-electron chi connectivity index (χ1n) is 6.08. The third-order valence-corrected chi connectivity index (χ3v) is 2.78. The Hall–Kier alpha value is -1.67. The van der Waals surface area contributed by atoms with Crippen LogP contribution in [-0.4, -0.2) is 5.54 Å². The number of nitrogens with two attached hydrogens (primary N) is 1. The van der Waals surface area contributed by atoms with Gasteiger partial charge in [0, 0.05) is 11.1 Å². The van der Waals surface area contributed by atoms with Gasteiger partial charge in [0.25, 0.3) is 0 Å². The fraction of sp³-hybridized carbons (Fsp3) is 0.250. The summed E-state index contributed by atoms with van der Waals surface area (Å²) in [5, 5.41) is 0. The minimum Gasteiger partial charge on any atom is -0.325 e. The van der Waals surface area contributed by atoms with Crippen molar-refractivity contribution in [1.82, 2.24) is 0 Å². The highest BCUT2D eigenvalue weighted by molar-refractivity contribution is 5.64. The quantitative estimate of drug-likeness (QED) is 0.872. The van der Waals surface area contributed by atoms with Gasteiger partial charge < -0.3 is 5.73 Å². The molecule has 0 bridgehead atoms. The van der Waals surface area contributed by atoms with Crippen molar-refractivity contribution in [3.8, 4) is 11.1 Å². The van der Waals surface area contributed by atoms with Crippen molar-refractivity contribution in [2.45, 2.75) is 25.8 Å². The van der Waals surface area contributed by atoms with E-state index in [0.29, 0.717) is 5.56 Å². The van der Waals surface area contributed by atoms with E-state index in [9.17, 15) is 4.39 Å². The first-order chi connectivity index (χ1) is 8.46. The number of hydrogen-bond acceptors (Lipinski definition) is 1. The molecular weight excluding hydrogens is 225 g/mol. The van der Waals surface area contributed by atoms with E-state index in [1.54, 1.807) is 6.07 Å². The molecule has 94 valence electrons. The molecule has 0 fully saturated rings. The number of halogens is 1. The average Bonchev–Trinajstić information content (AvgIpc) is 2.31. The summed E-state index contributed by atoms with van der Waals surface area (Å²) in [6.07, 6.45) is 0.729. The van der Waals surface area contributed by atoms with Crippen molar-refractivity contribution < 1.29 is 4.39 Å². The summed E-state index contributed by atoms with van der Waals surface area (Å²) in [7, 11) is 0. The largest absolute Gasteiger partial charge is 0.325 e. The van der Waals surface area contributed by atoms with Crippen LogP contribution in [0.5, 0.6) is 0 Å². The molecule has 0 spiro atoms. The van der Waals surface area contributed by atoms with Crippen molar-refractivity contribution >= 4 is 0 Å². The molecule has 0 heterocycles. The monoisotopic (exact) mass is 243 g/mol. The molecule has 2 aromatic carbocycles. The molecule has 1 nitrogen and oxygen atoms in total. The Bertz CT molecular complexity index is 527. The van der Waals surface area contributed by atoms with Gasteiger partial charge in [0.2, 0.25) is 0 Å². The van der Waals surface area contributed by atoms with E-state index in [-0.39, 0.29) is 11.4 Å². The third kappa shape index (κ3) is 3.17. The second-order valence-corrected chi connectivity index (χ2v) is 5.35. The predicted octanol–water partition coefficient (Wildman–Crippen LogP) is 3.77. The molecule has 18 heavy (non-hydrogen) atoms.